The smallest absolute Gasteiger partial charge is 0.342 e. The minimum absolute atomic E-state index is 0.0375. The maximum absolute atomic E-state index is 12.7. The fraction of sp³-hybridized carbons (Fsp3) is 0.455. The number of aryl methyl sites for hydroxylation is 1. The third-order valence-corrected chi connectivity index (χ3v) is 5.41. The van der Waals surface area contributed by atoms with E-state index < -0.39 is 5.97 Å². The summed E-state index contributed by atoms with van der Waals surface area (Å²) in [5.74, 6) is -0.756. The van der Waals surface area contributed by atoms with Gasteiger partial charge in [0.2, 0.25) is 5.91 Å². The molecule has 0 aliphatic carbocycles. The van der Waals surface area contributed by atoms with Crippen LogP contribution in [0.15, 0.2) is 30.3 Å². The van der Waals surface area contributed by atoms with E-state index in [0.29, 0.717) is 49.7 Å². The number of carbonyl (C=O) groups is 3. The third-order valence-electron chi connectivity index (χ3n) is 5.41. The van der Waals surface area contributed by atoms with Crippen molar-refractivity contribution in [2.24, 2.45) is 0 Å². The molecule has 1 fully saturated rings. The van der Waals surface area contributed by atoms with Crippen molar-refractivity contribution in [3.63, 3.8) is 0 Å². The van der Waals surface area contributed by atoms with Gasteiger partial charge in [-0.3, -0.25) is 14.5 Å². The number of hydrogen-bond acceptors (Lipinski definition) is 6. The van der Waals surface area contributed by atoms with Gasteiger partial charge in [0.1, 0.15) is 5.56 Å². The number of nitrogens with zero attached hydrogens (tertiary/aromatic N) is 5. The molecule has 9 heteroatoms. The number of ether oxygens (including phenoxy) is 1. The number of likely N-dealkylation sites (N-methyl/N-ethyl adjacent to an activating group) is 1. The fourth-order valence-electron chi connectivity index (χ4n) is 3.54. The molecular formula is C22H29N5O4. The van der Waals surface area contributed by atoms with E-state index >= 15 is 0 Å². The minimum atomic E-state index is -0.555. The quantitative estimate of drug-likeness (QED) is 0.636. The zero-order chi connectivity index (χ0) is 22.5. The number of aromatic nitrogens is 2. The van der Waals surface area contributed by atoms with E-state index in [1.165, 1.54) is 0 Å². The molecule has 1 aromatic heterocycles. The maximum atomic E-state index is 12.7. The van der Waals surface area contributed by atoms with E-state index in [0.717, 1.165) is 5.69 Å². The molecule has 2 aromatic rings. The summed E-state index contributed by atoms with van der Waals surface area (Å²) in [4.78, 5) is 42.2. The summed E-state index contributed by atoms with van der Waals surface area (Å²) in [5.41, 5.74) is 2.45. The van der Waals surface area contributed by atoms with Crippen LogP contribution in [0.1, 0.15) is 21.7 Å². The maximum Gasteiger partial charge on any atom is 0.342 e. The molecule has 1 aliphatic heterocycles. The van der Waals surface area contributed by atoms with Crippen molar-refractivity contribution >= 4 is 17.8 Å². The van der Waals surface area contributed by atoms with Crippen molar-refractivity contribution in [2.75, 3.05) is 53.4 Å². The van der Waals surface area contributed by atoms with Crippen LogP contribution in [-0.2, 0) is 14.3 Å². The van der Waals surface area contributed by atoms with Gasteiger partial charge in [0.05, 0.1) is 23.6 Å². The summed E-state index contributed by atoms with van der Waals surface area (Å²) in [6.07, 6.45) is 0. The topological polar surface area (TPSA) is 88.0 Å². The molecule has 0 unspecified atom stereocenters. The first kappa shape index (κ1) is 22.5. The van der Waals surface area contributed by atoms with Gasteiger partial charge in [-0.25, -0.2) is 9.48 Å². The molecule has 1 aromatic carbocycles. The first-order chi connectivity index (χ1) is 14.8. The van der Waals surface area contributed by atoms with Gasteiger partial charge in [-0.15, -0.1) is 0 Å². The van der Waals surface area contributed by atoms with Crippen LogP contribution in [0.25, 0.3) is 5.69 Å². The lowest BCUT2D eigenvalue weighted by atomic mass is 10.2. The molecule has 2 heterocycles. The highest BCUT2D eigenvalue weighted by atomic mass is 16.5. The minimum Gasteiger partial charge on any atom is -0.452 e. The van der Waals surface area contributed by atoms with Crippen molar-refractivity contribution < 1.29 is 19.1 Å². The number of piperazine rings is 1. The third kappa shape index (κ3) is 5.29. The molecule has 0 N–H and O–H groups in total. The lowest BCUT2D eigenvalue weighted by molar-refractivity contribution is -0.137. The molecule has 3 rings (SSSR count). The van der Waals surface area contributed by atoms with Crippen LogP contribution in [0.3, 0.4) is 0 Å². The second kappa shape index (κ2) is 9.74. The normalized spacial score (nSPS) is 14.4. The van der Waals surface area contributed by atoms with Gasteiger partial charge in [-0.2, -0.15) is 5.10 Å². The Labute approximate surface area is 182 Å². The van der Waals surface area contributed by atoms with Crippen LogP contribution in [-0.4, -0.2) is 95.7 Å². The number of esters is 1. The summed E-state index contributed by atoms with van der Waals surface area (Å²) in [7, 11) is 3.45. The number of benzene rings is 1. The van der Waals surface area contributed by atoms with E-state index in [1.807, 2.05) is 35.2 Å². The average Bonchev–Trinajstić information content (AvgIpc) is 3.06. The molecule has 9 nitrogen and oxygen atoms in total. The fourth-order valence-corrected chi connectivity index (χ4v) is 3.54. The highest BCUT2D eigenvalue weighted by Crippen LogP contribution is 2.18. The Balaban J connectivity index is 1.54. The second-order valence-electron chi connectivity index (χ2n) is 7.81. The number of rotatable bonds is 6. The van der Waals surface area contributed by atoms with E-state index in [2.05, 4.69) is 5.10 Å². The first-order valence-electron chi connectivity index (χ1n) is 10.3. The Kier molecular flexibility index (Phi) is 7.06. The van der Waals surface area contributed by atoms with Crippen LogP contribution in [0.5, 0.6) is 0 Å². The standard InChI is InChI=1S/C22H29N5O4/c1-16-21(17(2)27(23-16)18-8-6-5-7-9-18)22(30)31-15-20(29)26-12-10-25(11-13-26)14-19(28)24(3)4/h5-9H,10-15H2,1-4H3. The van der Waals surface area contributed by atoms with Crippen LogP contribution in [0.4, 0.5) is 0 Å². The van der Waals surface area contributed by atoms with Crippen molar-refractivity contribution in [1.82, 2.24) is 24.5 Å². The summed E-state index contributed by atoms with van der Waals surface area (Å²) >= 11 is 0. The molecule has 2 amide bonds. The molecule has 0 bridgehead atoms. The number of carbonyl (C=O) groups excluding carboxylic acids is 3. The zero-order valence-corrected chi connectivity index (χ0v) is 18.5. The average molecular weight is 428 g/mol. The lowest BCUT2D eigenvalue weighted by Gasteiger charge is -2.34. The van der Waals surface area contributed by atoms with Crippen molar-refractivity contribution in [3.8, 4) is 5.69 Å². The molecule has 0 saturated carbocycles. The molecule has 0 atom stereocenters. The first-order valence-corrected chi connectivity index (χ1v) is 10.3. The van der Waals surface area contributed by atoms with E-state index in [4.69, 9.17) is 4.74 Å². The SMILES string of the molecule is Cc1nn(-c2ccccc2)c(C)c1C(=O)OCC(=O)N1CCN(CC(=O)N(C)C)CC1. The molecule has 0 radical (unpaired) electrons. The number of para-hydroxylation sites is 1. The zero-order valence-electron chi connectivity index (χ0n) is 18.5. The second-order valence-corrected chi connectivity index (χ2v) is 7.81. The van der Waals surface area contributed by atoms with Crippen molar-refractivity contribution in [1.29, 1.82) is 0 Å². The highest BCUT2D eigenvalue weighted by Gasteiger charge is 2.25. The van der Waals surface area contributed by atoms with Gasteiger partial charge in [-0.05, 0) is 26.0 Å². The highest BCUT2D eigenvalue weighted by molar-refractivity contribution is 5.93. The summed E-state index contributed by atoms with van der Waals surface area (Å²) in [6, 6.07) is 9.53. The number of amides is 2. The summed E-state index contributed by atoms with van der Waals surface area (Å²) in [5, 5.41) is 4.45. The van der Waals surface area contributed by atoms with Gasteiger partial charge >= 0.3 is 5.97 Å². The molecule has 1 saturated heterocycles. The molecule has 31 heavy (non-hydrogen) atoms. The predicted molar refractivity (Wildman–Crippen MR) is 115 cm³/mol. The van der Waals surface area contributed by atoms with Crippen LogP contribution in [0, 0.1) is 13.8 Å². The lowest BCUT2D eigenvalue weighted by Crippen LogP contribution is -2.51. The Morgan fingerprint density at radius 2 is 1.68 bits per heavy atom. The predicted octanol–water partition coefficient (Wildman–Crippen LogP) is 0.878. The van der Waals surface area contributed by atoms with Gasteiger partial charge in [0, 0.05) is 40.3 Å². The Hall–Kier alpha value is -3.20. The largest absolute Gasteiger partial charge is 0.452 e. The van der Waals surface area contributed by atoms with Gasteiger partial charge in [0.15, 0.2) is 6.61 Å². The van der Waals surface area contributed by atoms with E-state index in [1.54, 1.807) is 42.4 Å². The van der Waals surface area contributed by atoms with E-state index in [-0.39, 0.29) is 18.4 Å². The molecule has 1 aliphatic rings. The molecule has 166 valence electrons. The van der Waals surface area contributed by atoms with Crippen LogP contribution in [0.2, 0.25) is 0 Å². The molecular weight excluding hydrogens is 398 g/mol. The van der Waals surface area contributed by atoms with Gasteiger partial charge < -0.3 is 14.5 Å². The van der Waals surface area contributed by atoms with E-state index in [9.17, 15) is 14.4 Å². The Morgan fingerprint density at radius 3 is 2.29 bits per heavy atom. The Bertz CT molecular complexity index is 946. The van der Waals surface area contributed by atoms with Crippen LogP contribution >= 0.6 is 0 Å². The summed E-state index contributed by atoms with van der Waals surface area (Å²) in [6.45, 7) is 5.81. The van der Waals surface area contributed by atoms with Crippen molar-refractivity contribution in [2.45, 2.75) is 13.8 Å². The van der Waals surface area contributed by atoms with Gasteiger partial charge in [0.25, 0.3) is 5.91 Å². The summed E-state index contributed by atoms with van der Waals surface area (Å²) < 4.78 is 7.02. The van der Waals surface area contributed by atoms with Crippen LogP contribution < -0.4 is 0 Å². The number of hydrogen-bond donors (Lipinski definition) is 0. The Morgan fingerprint density at radius 1 is 1.03 bits per heavy atom. The molecule has 0 spiro atoms. The van der Waals surface area contributed by atoms with Gasteiger partial charge in [-0.1, -0.05) is 18.2 Å². The monoisotopic (exact) mass is 427 g/mol. The van der Waals surface area contributed by atoms with Crippen molar-refractivity contribution in [3.05, 3.63) is 47.3 Å².